The smallest absolute Gasteiger partial charge is 0.193 e. The maximum atomic E-state index is 4.49. The molecular weight excluding hydrogens is 254 g/mol. The van der Waals surface area contributed by atoms with Crippen molar-refractivity contribution in [3.8, 4) is 0 Å². The van der Waals surface area contributed by atoms with Crippen LogP contribution in [0.1, 0.15) is 39.5 Å². The van der Waals surface area contributed by atoms with Gasteiger partial charge in [0.05, 0.1) is 0 Å². The molecule has 0 spiro atoms. The molecule has 2 atom stereocenters. The van der Waals surface area contributed by atoms with Crippen LogP contribution in [-0.2, 0) is 0 Å². The molecule has 2 unspecified atom stereocenters. The molecule has 19 heavy (non-hydrogen) atoms. The highest BCUT2D eigenvalue weighted by Crippen LogP contribution is 2.36. The van der Waals surface area contributed by atoms with Crippen molar-refractivity contribution >= 4 is 17.7 Å². The maximum absolute atomic E-state index is 4.49. The summed E-state index contributed by atoms with van der Waals surface area (Å²) < 4.78 is 0.266. The summed E-state index contributed by atoms with van der Waals surface area (Å²) in [5, 5.41) is 3.57. The van der Waals surface area contributed by atoms with E-state index in [1.165, 1.54) is 38.8 Å². The molecule has 0 amide bonds. The number of rotatable bonds is 3. The van der Waals surface area contributed by atoms with Crippen LogP contribution in [0.4, 0.5) is 0 Å². The summed E-state index contributed by atoms with van der Waals surface area (Å²) in [4.78, 5) is 6.97. The van der Waals surface area contributed by atoms with Crippen LogP contribution in [-0.4, -0.2) is 48.5 Å². The summed E-state index contributed by atoms with van der Waals surface area (Å²) in [5.41, 5.74) is 0. The van der Waals surface area contributed by atoms with Crippen LogP contribution in [0.15, 0.2) is 4.99 Å². The average molecular weight is 283 g/mol. The van der Waals surface area contributed by atoms with Gasteiger partial charge in [0.25, 0.3) is 0 Å². The molecule has 110 valence electrons. The molecule has 0 radical (unpaired) electrons. The van der Waals surface area contributed by atoms with E-state index in [1.807, 2.05) is 18.8 Å². The molecule has 1 N–H and O–H groups in total. The topological polar surface area (TPSA) is 27.6 Å². The zero-order valence-electron chi connectivity index (χ0n) is 12.9. The molecule has 0 aromatic carbocycles. The second-order valence-electron chi connectivity index (χ2n) is 6.57. The number of nitrogens with zero attached hydrogens (tertiary/aromatic N) is 2. The van der Waals surface area contributed by atoms with Crippen LogP contribution < -0.4 is 5.32 Å². The van der Waals surface area contributed by atoms with Crippen molar-refractivity contribution in [2.45, 2.75) is 44.3 Å². The zero-order valence-corrected chi connectivity index (χ0v) is 13.7. The van der Waals surface area contributed by atoms with Gasteiger partial charge in [0.2, 0.25) is 0 Å². The van der Waals surface area contributed by atoms with Crippen LogP contribution in [0, 0.1) is 11.8 Å². The second kappa shape index (κ2) is 6.38. The molecule has 1 saturated carbocycles. The lowest BCUT2D eigenvalue weighted by molar-refractivity contribution is 0.299. The van der Waals surface area contributed by atoms with Crippen molar-refractivity contribution < 1.29 is 0 Å². The van der Waals surface area contributed by atoms with Gasteiger partial charge in [-0.05, 0) is 44.8 Å². The number of aliphatic imine (C=N–C) groups is 1. The fourth-order valence-electron chi connectivity index (χ4n) is 3.28. The van der Waals surface area contributed by atoms with Gasteiger partial charge in [0, 0.05) is 31.4 Å². The summed E-state index contributed by atoms with van der Waals surface area (Å²) >= 11 is 1.91. The maximum Gasteiger partial charge on any atom is 0.193 e. The molecule has 1 aliphatic heterocycles. The predicted molar refractivity (Wildman–Crippen MR) is 86.0 cm³/mol. The van der Waals surface area contributed by atoms with Crippen LogP contribution in [0.2, 0.25) is 0 Å². The van der Waals surface area contributed by atoms with Crippen molar-refractivity contribution in [3.05, 3.63) is 0 Å². The molecule has 4 heteroatoms. The summed E-state index contributed by atoms with van der Waals surface area (Å²) in [6.45, 7) is 7.96. The lowest BCUT2D eigenvalue weighted by atomic mass is 9.82. The quantitative estimate of drug-likeness (QED) is 0.637. The van der Waals surface area contributed by atoms with E-state index in [4.69, 9.17) is 0 Å². The summed E-state index contributed by atoms with van der Waals surface area (Å²) in [6.07, 6.45) is 7.89. The molecule has 2 fully saturated rings. The fourth-order valence-corrected chi connectivity index (χ4v) is 3.49. The molecule has 3 nitrogen and oxygen atoms in total. The van der Waals surface area contributed by atoms with Gasteiger partial charge < -0.3 is 10.2 Å². The summed E-state index contributed by atoms with van der Waals surface area (Å²) in [7, 11) is 1.91. The van der Waals surface area contributed by atoms with Gasteiger partial charge in [-0.1, -0.05) is 12.8 Å². The van der Waals surface area contributed by atoms with Crippen molar-refractivity contribution in [2.24, 2.45) is 16.8 Å². The molecule has 0 aromatic heterocycles. The highest BCUT2D eigenvalue weighted by Gasteiger charge is 2.35. The Balaban J connectivity index is 1.89. The van der Waals surface area contributed by atoms with E-state index in [-0.39, 0.29) is 4.75 Å². The number of hydrogen-bond acceptors (Lipinski definition) is 2. The highest BCUT2D eigenvalue weighted by atomic mass is 32.2. The number of guanidine groups is 1. The van der Waals surface area contributed by atoms with E-state index in [0.29, 0.717) is 0 Å². The third kappa shape index (κ3) is 3.80. The van der Waals surface area contributed by atoms with Crippen LogP contribution in [0.25, 0.3) is 0 Å². The third-order valence-corrected chi connectivity index (χ3v) is 5.96. The number of thioether (sulfide) groups is 1. The molecule has 1 saturated heterocycles. The largest absolute Gasteiger partial charge is 0.355 e. The van der Waals surface area contributed by atoms with Gasteiger partial charge in [0.15, 0.2) is 5.96 Å². The van der Waals surface area contributed by atoms with Gasteiger partial charge in [-0.15, -0.1) is 0 Å². The van der Waals surface area contributed by atoms with Gasteiger partial charge in [0.1, 0.15) is 0 Å². The van der Waals surface area contributed by atoms with E-state index < -0.39 is 0 Å². The molecule has 2 rings (SSSR count). The van der Waals surface area contributed by atoms with Crippen LogP contribution >= 0.6 is 11.8 Å². The Morgan fingerprint density at radius 1 is 1.26 bits per heavy atom. The highest BCUT2D eigenvalue weighted by molar-refractivity contribution is 7.99. The van der Waals surface area contributed by atoms with E-state index in [9.17, 15) is 0 Å². The summed E-state index contributed by atoms with van der Waals surface area (Å²) in [5.74, 6) is 2.94. The first-order chi connectivity index (χ1) is 9.05. The SMILES string of the molecule is CN=C(NCC(C)(C)SC)N1CC2CCCCC2C1. The zero-order chi connectivity index (χ0) is 13.9. The molecular formula is C15H29N3S. The molecule has 2 aliphatic rings. The molecule has 0 aromatic rings. The first-order valence-corrected chi connectivity index (χ1v) is 8.79. The molecule has 0 bridgehead atoms. The normalized spacial score (nSPS) is 28.4. The Hall–Kier alpha value is -0.380. The van der Waals surface area contributed by atoms with Crippen LogP contribution in [0.3, 0.4) is 0 Å². The first kappa shape index (κ1) is 15.0. The van der Waals surface area contributed by atoms with Crippen LogP contribution in [0.5, 0.6) is 0 Å². The molecule has 1 aliphatic carbocycles. The van der Waals surface area contributed by atoms with E-state index >= 15 is 0 Å². The van der Waals surface area contributed by atoms with Crippen molar-refractivity contribution in [1.82, 2.24) is 10.2 Å². The standard InChI is InChI=1S/C15H29N3S/c1-15(2,19-4)11-17-14(16-3)18-9-12-7-5-6-8-13(12)10-18/h12-13H,5-11H2,1-4H3,(H,16,17). The number of fused-ring (bicyclic) bond motifs is 1. The van der Waals surface area contributed by atoms with E-state index in [0.717, 1.165) is 24.3 Å². The predicted octanol–water partition coefficient (Wildman–Crippen LogP) is 2.83. The van der Waals surface area contributed by atoms with Crippen molar-refractivity contribution in [1.29, 1.82) is 0 Å². The minimum Gasteiger partial charge on any atom is -0.355 e. The van der Waals surface area contributed by atoms with Gasteiger partial charge in [-0.3, -0.25) is 4.99 Å². The summed E-state index contributed by atoms with van der Waals surface area (Å²) in [6, 6.07) is 0. The minimum atomic E-state index is 0.266. The second-order valence-corrected chi connectivity index (χ2v) is 8.09. The Bertz CT molecular complexity index is 313. The fraction of sp³-hybridized carbons (Fsp3) is 0.933. The van der Waals surface area contributed by atoms with Gasteiger partial charge >= 0.3 is 0 Å². The molecule has 1 heterocycles. The van der Waals surface area contributed by atoms with E-state index in [2.05, 4.69) is 35.3 Å². The van der Waals surface area contributed by atoms with Crippen molar-refractivity contribution in [2.75, 3.05) is 32.9 Å². The number of nitrogens with one attached hydrogen (secondary N) is 1. The van der Waals surface area contributed by atoms with Gasteiger partial charge in [-0.25, -0.2) is 0 Å². The third-order valence-electron chi connectivity index (χ3n) is 4.71. The average Bonchev–Trinajstić information content (AvgIpc) is 2.83. The number of likely N-dealkylation sites (tertiary alicyclic amines) is 1. The van der Waals surface area contributed by atoms with E-state index in [1.54, 1.807) is 0 Å². The lowest BCUT2D eigenvalue weighted by Gasteiger charge is -2.27. The van der Waals surface area contributed by atoms with Crippen molar-refractivity contribution in [3.63, 3.8) is 0 Å². The Labute approximate surface area is 122 Å². The van der Waals surface area contributed by atoms with Gasteiger partial charge in [-0.2, -0.15) is 11.8 Å². The monoisotopic (exact) mass is 283 g/mol. The Kier molecular flexibility index (Phi) is 5.04. The number of hydrogen-bond donors (Lipinski definition) is 1. The first-order valence-electron chi connectivity index (χ1n) is 7.56. The Morgan fingerprint density at radius 3 is 2.32 bits per heavy atom. The minimum absolute atomic E-state index is 0.266. The lowest BCUT2D eigenvalue weighted by Crippen LogP contribution is -2.45. The Morgan fingerprint density at radius 2 is 1.84 bits per heavy atom.